The molecule has 0 bridgehead atoms. The summed E-state index contributed by atoms with van der Waals surface area (Å²) in [5, 5.41) is 1.38. The standard InChI is InChI=1S/C14H12Cl2F3N3O3/c1-7(22-13(24)21-2-3-23)4-11(20)25-12-9(15)5-8(6-10(12)16)14(17,18)19/h3-6H,2,20H2,1H3,(H,21,24)/b11-4+,22-7+. The number of halogens is 5. The Balaban J connectivity index is 2.96. The number of aliphatic imine (C=N–C) groups is 1. The van der Waals surface area contributed by atoms with Crippen LogP contribution in [0.2, 0.25) is 10.0 Å². The van der Waals surface area contributed by atoms with Gasteiger partial charge in [0.1, 0.15) is 6.29 Å². The van der Waals surface area contributed by atoms with E-state index in [1.807, 2.05) is 0 Å². The normalized spacial score (nSPS) is 12.7. The summed E-state index contributed by atoms with van der Waals surface area (Å²) in [6, 6.07) is 0.507. The van der Waals surface area contributed by atoms with Crippen LogP contribution in [0.3, 0.4) is 0 Å². The third-order valence-electron chi connectivity index (χ3n) is 2.51. The quantitative estimate of drug-likeness (QED) is 0.451. The van der Waals surface area contributed by atoms with Gasteiger partial charge in [0.2, 0.25) is 0 Å². The molecule has 2 amide bonds. The summed E-state index contributed by atoms with van der Waals surface area (Å²) in [4.78, 5) is 24.9. The lowest BCUT2D eigenvalue weighted by atomic mass is 10.2. The minimum atomic E-state index is -4.62. The first kappa shape index (κ1) is 20.8. The lowest BCUT2D eigenvalue weighted by molar-refractivity contribution is -0.137. The van der Waals surface area contributed by atoms with Crippen molar-refractivity contribution in [2.75, 3.05) is 6.54 Å². The fraction of sp³-hybridized carbons (Fsp3) is 0.214. The number of alkyl halides is 3. The summed E-state index contributed by atoms with van der Waals surface area (Å²) < 4.78 is 43.1. The van der Waals surface area contributed by atoms with Crippen molar-refractivity contribution >= 4 is 41.2 Å². The van der Waals surface area contributed by atoms with Gasteiger partial charge in [-0.1, -0.05) is 23.2 Å². The highest BCUT2D eigenvalue weighted by Crippen LogP contribution is 2.40. The van der Waals surface area contributed by atoms with Crippen LogP contribution in [0.4, 0.5) is 18.0 Å². The average molecular weight is 398 g/mol. The summed E-state index contributed by atoms with van der Waals surface area (Å²) in [5.74, 6) is -0.587. The van der Waals surface area contributed by atoms with E-state index in [2.05, 4.69) is 10.3 Å². The molecule has 0 saturated heterocycles. The first-order chi connectivity index (χ1) is 11.5. The number of hydrogen-bond donors (Lipinski definition) is 2. The Bertz CT molecular complexity index is 711. The highest BCUT2D eigenvalue weighted by Gasteiger charge is 2.32. The molecular formula is C14H12Cl2F3N3O3. The molecule has 25 heavy (non-hydrogen) atoms. The number of carbonyl (C=O) groups is 2. The molecule has 1 aromatic carbocycles. The fourth-order valence-electron chi connectivity index (χ4n) is 1.54. The number of rotatable bonds is 5. The van der Waals surface area contributed by atoms with Gasteiger partial charge in [-0.05, 0) is 19.1 Å². The van der Waals surface area contributed by atoms with E-state index in [4.69, 9.17) is 33.7 Å². The first-order valence-corrected chi connectivity index (χ1v) is 7.28. The highest BCUT2D eigenvalue weighted by atomic mass is 35.5. The van der Waals surface area contributed by atoms with Crippen LogP contribution < -0.4 is 15.8 Å². The molecule has 0 spiro atoms. The second-order valence-corrected chi connectivity index (χ2v) is 5.34. The van der Waals surface area contributed by atoms with E-state index in [9.17, 15) is 22.8 Å². The molecule has 0 atom stereocenters. The second-order valence-electron chi connectivity index (χ2n) is 4.52. The smallest absolute Gasteiger partial charge is 0.416 e. The Morgan fingerprint density at radius 3 is 2.40 bits per heavy atom. The van der Waals surface area contributed by atoms with Crippen molar-refractivity contribution in [2.24, 2.45) is 10.7 Å². The number of hydrogen-bond acceptors (Lipinski definition) is 4. The molecule has 0 unspecified atom stereocenters. The van der Waals surface area contributed by atoms with E-state index < -0.39 is 27.8 Å². The van der Waals surface area contributed by atoms with Gasteiger partial charge in [-0.3, -0.25) is 0 Å². The van der Waals surface area contributed by atoms with Gasteiger partial charge in [0, 0.05) is 11.8 Å². The predicted octanol–water partition coefficient (Wildman–Crippen LogP) is 3.56. The van der Waals surface area contributed by atoms with E-state index in [-0.39, 0.29) is 23.9 Å². The lowest BCUT2D eigenvalue weighted by Gasteiger charge is -2.13. The molecule has 6 nitrogen and oxygen atoms in total. The van der Waals surface area contributed by atoms with Crippen molar-refractivity contribution in [3.63, 3.8) is 0 Å². The maximum atomic E-state index is 12.7. The third kappa shape index (κ3) is 6.63. The van der Waals surface area contributed by atoms with Crippen LogP contribution in [0.5, 0.6) is 5.75 Å². The molecule has 0 aromatic heterocycles. The van der Waals surface area contributed by atoms with Crippen LogP contribution in [0.15, 0.2) is 29.1 Å². The zero-order valence-electron chi connectivity index (χ0n) is 12.7. The van der Waals surface area contributed by atoms with Gasteiger partial charge in [0.15, 0.2) is 11.6 Å². The fourth-order valence-corrected chi connectivity index (χ4v) is 2.10. The molecule has 0 aliphatic carbocycles. The van der Waals surface area contributed by atoms with Crippen molar-refractivity contribution < 1.29 is 27.5 Å². The Morgan fingerprint density at radius 1 is 1.36 bits per heavy atom. The third-order valence-corrected chi connectivity index (χ3v) is 3.07. The number of urea groups is 1. The summed E-state index contributed by atoms with van der Waals surface area (Å²) >= 11 is 11.5. The van der Waals surface area contributed by atoms with E-state index in [1.165, 1.54) is 6.92 Å². The van der Waals surface area contributed by atoms with E-state index in [0.29, 0.717) is 18.4 Å². The van der Waals surface area contributed by atoms with Crippen molar-refractivity contribution in [3.05, 3.63) is 39.7 Å². The number of aldehydes is 1. The molecule has 0 saturated carbocycles. The van der Waals surface area contributed by atoms with E-state index in [0.717, 1.165) is 6.08 Å². The van der Waals surface area contributed by atoms with Gasteiger partial charge < -0.3 is 20.6 Å². The maximum absolute atomic E-state index is 12.7. The van der Waals surface area contributed by atoms with Gasteiger partial charge in [0.25, 0.3) is 0 Å². The monoisotopic (exact) mass is 397 g/mol. The second kappa shape index (κ2) is 8.72. The number of amides is 2. The topological polar surface area (TPSA) is 93.8 Å². The zero-order chi connectivity index (χ0) is 19.2. The molecule has 11 heteroatoms. The Hall–Kier alpha value is -2.26. The SMILES string of the molecule is CC(/C=C(\N)Oc1c(Cl)cc(C(F)(F)F)cc1Cl)=N\C(=O)NCC=O. The van der Waals surface area contributed by atoms with Gasteiger partial charge in [-0.25, -0.2) is 4.79 Å². The highest BCUT2D eigenvalue weighted by molar-refractivity contribution is 6.37. The predicted molar refractivity (Wildman–Crippen MR) is 86.9 cm³/mol. The van der Waals surface area contributed by atoms with E-state index in [1.54, 1.807) is 0 Å². The summed E-state index contributed by atoms with van der Waals surface area (Å²) in [6.45, 7) is 1.20. The van der Waals surface area contributed by atoms with Crippen molar-refractivity contribution in [2.45, 2.75) is 13.1 Å². The Labute approximate surface area is 150 Å². The summed E-state index contributed by atoms with van der Waals surface area (Å²) in [6.07, 6.45) is -3.01. The minimum Gasteiger partial charge on any atom is -0.438 e. The van der Waals surface area contributed by atoms with Gasteiger partial charge in [0.05, 0.1) is 22.2 Å². The molecule has 1 aromatic rings. The average Bonchev–Trinajstić information content (AvgIpc) is 2.47. The van der Waals surface area contributed by atoms with Crippen molar-refractivity contribution in [1.82, 2.24) is 5.32 Å². The van der Waals surface area contributed by atoms with Crippen molar-refractivity contribution in [3.8, 4) is 5.75 Å². The molecule has 0 radical (unpaired) electrons. The maximum Gasteiger partial charge on any atom is 0.416 e. The Morgan fingerprint density at radius 2 is 1.92 bits per heavy atom. The molecular weight excluding hydrogens is 386 g/mol. The van der Waals surface area contributed by atoms with Crippen LogP contribution in [0, 0.1) is 0 Å². The molecule has 3 N–H and O–H groups in total. The number of allylic oxidation sites excluding steroid dienone is 1. The van der Waals surface area contributed by atoms with E-state index >= 15 is 0 Å². The number of carbonyl (C=O) groups excluding carboxylic acids is 2. The molecule has 0 heterocycles. The largest absolute Gasteiger partial charge is 0.438 e. The summed E-state index contributed by atoms with van der Waals surface area (Å²) in [5.41, 5.74) is 4.65. The first-order valence-electron chi connectivity index (χ1n) is 6.52. The number of ether oxygens (including phenoxy) is 1. The van der Waals surface area contributed by atoms with Crippen molar-refractivity contribution in [1.29, 1.82) is 0 Å². The molecule has 0 fully saturated rings. The van der Waals surface area contributed by atoms with Crippen LogP contribution in [0.25, 0.3) is 0 Å². The molecule has 0 aliphatic heterocycles. The van der Waals surface area contributed by atoms with Crippen LogP contribution >= 0.6 is 23.2 Å². The van der Waals surface area contributed by atoms with Crippen LogP contribution in [-0.2, 0) is 11.0 Å². The summed E-state index contributed by atoms with van der Waals surface area (Å²) in [7, 11) is 0. The number of benzene rings is 1. The number of nitrogens with one attached hydrogen (secondary N) is 1. The zero-order valence-corrected chi connectivity index (χ0v) is 14.2. The van der Waals surface area contributed by atoms with Crippen LogP contribution in [-0.4, -0.2) is 24.6 Å². The van der Waals surface area contributed by atoms with Gasteiger partial charge in [-0.15, -0.1) is 0 Å². The molecule has 1 rings (SSSR count). The molecule has 136 valence electrons. The Kier molecular flexibility index (Phi) is 7.25. The number of nitrogens with two attached hydrogens (primary N) is 1. The van der Waals surface area contributed by atoms with Crippen LogP contribution in [0.1, 0.15) is 12.5 Å². The molecule has 0 aliphatic rings. The van der Waals surface area contributed by atoms with Gasteiger partial charge >= 0.3 is 12.2 Å². The van der Waals surface area contributed by atoms with Gasteiger partial charge in [-0.2, -0.15) is 18.2 Å². The number of nitrogens with zero attached hydrogens (tertiary/aromatic N) is 1. The lowest BCUT2D eigenvalue weighted by Crippen LogP contribution is -2.22. The minimum absolute atomic E-state index is 0.111.